The zero-order chi connectivity index (χ0) is 29.1. The van der Waals surface area contributed by atoms with Gasteiger partial charge < -0.3 is 20.1 Å². The lowest BCUT2D eigenvalue weighted by Gasteiger charge is -2.34. The highest BCUT2D eigenvalue weighted by Crippen LogP contribution is 2.26. The second kappa shape index (κ2) is 15.1. The van der Waals surface area contributed by atoms with Gasteiger partial charge in [0.05, 0.1) is 24.8 Å². The Morgan fingerprint density at radius 2 is 1.88 bits per heavy atom. The first-order valence-electron chi connectivity index (χ1n) is 13.3. The van der Waals surface area contributed by atoms with Crippen LogP contribution in [0.2, 0.25) is 0 Å². The molecule has 40 heavy (non-hydrogen) atoms. The number of sulfonamides is 1. The number of ether oxygens (including phenoxy) is 2. The van der Waals surface area contributed by atoms with Crippen LogP contribution >= 0.6 is 0 Å². The summed E-state index contributed by atoms with van der Waals surface area (Å²) < 4.78 is 64.5. The number of benzene rings is 2. The average Bonchev–Trinajstić information content (AvgIpc) is 2.93. The molecule has 0 radical (unpaired) electrons. The second-order valence-corrected chi connectivity index (χ2v) is 11.6. The molecule has 12 heteroatoms. The SMILES string of the molecule is COC[C@H](C)NC(=O)[C@H](Cc1ccc(OCCCF)cc1)NC(=O)C1CCCCN1S(=O)(=O)c1cccc(F)c1. The highest BCUT2D eigenvalue weighted by molar-refractivity contribution is 7.89. The minimum atomic E-state index is -4.16. The number of methoxy groups -OCH3 is 1. The Hall–Kier alpha value is -3.09. The van der Waals surface area contributed by atoms with Gasteiger partial charge in [0.2, 0.25) is 21.8 Å². The van der Waals surface area contributed by atoms with Gasteiger partial charge in [-0.05, 0) is 55.7 Å². The monoisotopic (exact) mass is 581 g/mol. The summed E-state index contributed by atoms with van der Waals surface area (Å²) in [6, 6.07) is 9.18. The van der Waals surface area contributed by atoms with Gasteiger partial charge in [-0.3, -0.25) is 14.0 Å². The maximum absolute atomic E-state index is 13.8. The van der Waals surface area contributed by atoms with Gasteiger partial charge in [0, 0.05) is 32.5 Å². The first kappa shape index (κ1) is 31.4. The van der Waals surface area contributed by atoms with E-state index in [-0.39, 0.29) is 50.0 Å². The van der Waals surface area contributed by atoms with Crippen molar-refractivity contribution in [1.82, 2.24) is 14.9 Å². The molecule has 1 aliphatic heterocycles. The average molecular weight is 582 g/mol. The zero-order valence-corrected chi connectivity index (χ0v) is 23.6. The first-order valence-corrected chi connectivity index (χ1v) is 14.7. The molecular formula is C28H37F2N3O6S. The van der Waals surface area contributed by atoms with Crippen LogP contribution in [0.15, 0.2) is 53.4 Å². The molecule has 1 aliphatic rings. The molecule has 1 saturated heterocycles. The van der Waals surface area contributed by atoms with Gasteiger partial charge in [-0.25, -0.2) is 12.8 Å². The predicted octanol–water partition coefficient (Wildman–Crippen LogP) is 2.99. The summed E-state index contributed by atoms with van der Waals surface area (Å²) >= 11 is 0. The van der Waals surface area contributed by atoms with E-state index in [0.717, 1.165) is 22.0 Å². The van der Waals surface area contributed by atoms with E-state index in [9.17, 15) is 26.8 Å². The molecule has 0 saturated carbocycles. The van der Waals surface area contributed by atoms with E-state index in [2.05, 4.69) is 10.6 Å². The highest BCUT2D eigenvalue weighted by atomic mass is 32.2. The Morgan fingerprint density at radius 3 is 2.55 bits per heavy atom. The number of halogens is 2. The van der Waals surface area contributed by atoms with Crippen LogP contribution < -0.4 is 15.4 Å². The highest BCUT2D eigenvalue weighted by Gasteiger charge is 2.39. The van der Waals surface area contributed by atoms with Gasteiger partial charge in [-0.1, -0.05) is 24.6 Å². The van der Waals surface area contributed by atoms with Crippen LogP contribution in [0.3, 0.4) is 0 Å². The van der Waals surface area contributed by atoms with Crippen LogP contribution in [0, 0.1) is 5.82 Å². The van der Waals surface area contributed by atoms with Crippen molar-refractivity contribution in [3.63, 3.8) is 0 Å². The molecule has 1 unspecified atom stereocenters. The molecule has 220 valence electrons. The van der Waals surface area contributed by atoms with Crippen LogP contribution in [0.1, 0.15) is 38.2 Å². The van der Waals surface area contributed by atoms with Gasteiger partial charge in [0.1, 0.15) is 23.7 Å². The summed E-state index contributed by atoms with van der Waals surface area (Å²) in [5.41, 5.74) is 0.727. The van der Waals surface area contributed by atoms with E-state index in [4.69, 9.17) is 9.47 Å². The largest absolute Gasteiger partial charge is 0.494 e. The number of nitrogens with zero attached hydrogens (tertiary/aromatic N) is 1. The topological polar surface area (TPSA) is 114 Å². The molecule has 1 fully saturated rings. The number of amides is 2. The van der Waals surface area contributed by atoms with Gasteiger partial charge in [-0.2, -0.15) is 4.31 Å². The molecule has 1 heterocycles. The molecule has 0 aliphatic carbocycles. The molecule has 2 amide bonds. The fourth-order valence-corrected chi connectivity index (χ4v) is 6.22. The maximum atomic E-state index is 13.8. The van der Waals surface area contributed by atoms with Crippen molar-refractivity contribution in [1.29, 1.82) is 0 Å². The summed E-state index contributed by atoms with van der Waals surface area (Å²) in [5, 5.41) is 5.58. The number of hydrogen-bond acceptors (Lipinski definition) is 6. The van der Waals surface area contributed by atoms with Crippen LogP contribution in [-0.4, -0.2) is 76.2 Å². The van der Waals surface area contributed by atoms with E-state index in [0.29, 0.717) is 18.6 Å². The third-order valence-electron chi connectivity index (χ3n) is 6.51. The van der Waals surface area contributed by atoms with Gasteiger partial charge >= 0.3 is 0 Å². The number of nitrogens with one attached hydrogen (secondary N) is 2. The number of hydrogen-bond donors (Lipinski definition) is 2. The predicted molar refractivity (Wildman–Crippen MR) is 146 cm³/mol. The first-order chi connectivity index (χ1) is 19.1. The van der Waals surface area contributed by atoms with E-state index in [1.165, 1.54) is 19.2 Å². The van der Waals surface area contributed by atoms with Crippen LogP contribution in [-0.2, 0) is 30.8 Å². The Kier molecular flexibility index (Phi) is 11.8. The van der Waals surface area contributed by atoms with Crippen molar-refractivity contribution in [2.45, 2.75) is 62.0 Å². The minimum Gasteiger partial charge on any atom is -0.494 e. The minimum absolute atomic E-state index is 0.0997. The van der Waals surface area contributed by atoms with Crippen LogP contribution in [0.25, 0.3) is 0 Å². The van der Waals surface area contributed by atoms with Crippen molar-refractivity contribution >= 4 is 21.8 Å². The van der Waals surface area contributed by atoms with E-state index in [1.54, 1.807) is 31.2 Å². The van der Waals surface area contributed by atoms with Gasteiger partial charge in [0.25, 0.3) is 0 Å². The van der Waals surface area contributed by atoms with Gasteiger partial charge in [0.15, 0.2) is 0 Å². The number of carbonyl (C=O) groups excluding carboxylic acids is 2. The molecule has 3 rings (SSSR count). The Bertz CT molecular complexity index is 1230. The standard InChI is InChI=1S/C28H37F2N3O6S/c1-20(19-38-2)31-27(34)25(17-21-10-12-23(13-11-21)39-16-6-14-29)32-28(35)26-9-3-4-15-33(26)40(36,37)24-8-5-7-22(30)18-24/h5,7-8,10-13,18,20,25-26H,3-4,6,9,14-17,19H2,1-2H3,(H,31,34)(H,32,35)/t20-,25-,26?/m0/s1. The fraction of sp³-hybridized carbons (Fsp3) is 0.500. The third kappa shape index (κ3) is 8.70. The summed E-state index contributed by atoms with van der Waals surface area (Å²) in [7, 11) is -2.65. The molecule has 0 spiro atoms. The van der Waals surface area contributed by atoms with E-state index in [1.807, 2.05) is 0 Å². The van der Waals surface area contributed by atoms with Gasteiger partial charge in [-0.15, -0.1) is 0 Å². The summed E-state index contributed by atoms with van der Waals surface area (Å²) in [4.78, 5) is 26.5. The number of alkyl halides is 1. The summed E-state index contributed by atoms with van der Waals surface area (Å²) in [6.07, 6.45) is 1.85. The molecular weight excluding hydrogens is 544 g/mol. The number of piperidine rings is 1. The van der Waals surface area contributed by atoms with Crippen LogP contribution in [0.4, 0.5) is 8.78 Å². The fourth-order valence-electron chi connectivity index (χ4n) is 4.53. The zero-order valence-electron chi connectivity index (χ0n) is 22.8. The Balaban J connectivity index is 1.80. The van der Waals surface area contributed by atoms with Crippen molar-refractivity contribution in [3.8, 4) is 5.75 Å². The lowest BCUT2D eigenvalue weighted by Crippen LogP contribution is -2.57. The molecule has 3 atom stereocenters. The van der Waals surface area contributed by atoms with Crippen LogP contribution in [0.5, 0.6) is 5.75 Å². The maximum Gasteiger partial charge on any atom is 0.243 e. The van der Waals surface area contributed by atoms with Crippen molar-refractivity contribution in [3.05, 3.63) is 59.9 Å². The lowest BCUT2D eigenvalue weighted by molar-refractivity contribution is -0.132. The van der Waals surface area contributed by atoms with E-state index < -0.39 is 46.4 Å². The molecule has 9 nitrogen and oxygen atoms in total. The Labute approximate surface area is 234 Å². The molecule has 2 aromatic rings. The second-order valence-electron chi connectivity index (χ2n) is 9.75. The molecule has 2 aromatic carbocycles. The lowest BCUT2D eigenvalue weighted by atomic mass is 10.0. The number of carbonyl (C=O) groups is 2. The van der Waals surface area contributed by atoms with Crippen molar-refractivity contribution in [2.75, 3.05) is 33.5 Å². The molecule has 2 N–H and O–H groups in total. The smallest absolute Gasteiger partial charge is 0.243 e. The summed E-state index contributed by atoms with van der Waals surface area (Å²) in [6.45, 7) is 1.89. The molecule has 0 aromatic heterocycles. The normalized spacial score (nSPS) is 17.6. The number of rotatable bonds is 14. The Morgan fingerprint density at radius 1 is 1.12 bits per heavy atom. The molecule has 0 bridgehead atoms. The quantitative estimate of drug-likeness (QED) is 0.332. The van der Waals surface area contributed by atoms with E-state index >= 15 is 0 Å². The van der Waals surface area contributed by atoms with Crippen molar-refractivity contribution < 1.29 is 36.3 Å². The van der Waals surface area contributed by atoms with Crippen molar-refractivity contribution in [2.24, 2.45) is 0 Å². The summed E-state index contributed by atoms with van der Waals surface area (Å²) in [5.74, 6) is -1.20. The third-order valence-corrected chi connectivity index (χ3v) is 8.41.